The Labute approximate surface area is 287 Å². The van der Waals surface area contributed by atoms with Gasteiger partial charge in [-0.25, -0.2) is 0 Å². The fourth-order valence-corrected chi connectivity index (χ4v) is 14.5. The average Bonchev–Trinajstić information content (AvgIpc) is 2.75. The molecule has 268 valence electrons. The zero-order valence-corrected chi connectivity index (χ0v) is 33.7. The van der Waals surface area contributed by atoms with Crippen LogP contribution in [0.25, 0.3) is 0 Å². The normalized spacial score (nSPS) is 39.1. The quantitative estimate of drug-likeness (QED) is 0.247. The van der Waals surface area contributed by atoms with Gasteiger partial charge in [0.2, 0.25) is 0 Å². The zero-order chi connectivity index (χ0) is 34.5. The van der Waals surface area contributed by atoms with E-state index in [1.165, 1.54) is 64.2 Å². The van der Waals surface area contributed by atoms with Crippen LogP contribution in [0.1, 0.15) is 175 Å². The molecule has 4 heterocycles. The lowest BCUT2D eigenvalue weighted by atomic mass is 9.47. The van der Waals surface area contributed by atoms with Gasteiger partial charge in [0.05, 0.1) is 0 Å². The highest BCUT2D eigenvalue weighted by molar-refractivity contribution is 5.11. The Morgan fingerprint density at radius 2 is 0.457 bits per heavy atom. The lowest BCUT2D eigenvalue weighted by molar-refractivity contribution is -0.104. The summed E-state index contributed by atoms with van der Waals surface area (Å²) in [6.07, 6.45) is 13.4. The second-order valence-corrected chi connectivity index (χ2v) is 23.3. The Balaban J connectivity index is 1.66. The van der Waals surface area contributed by atoms with E-state index >= 15 is 0 Å². The molecule has 4 saturated heterocycles. The van der Waals surface area contributed by atoms with E-state index in [-0.39, 0.29) is 44.3 Å². The van der Waals surface area contributed by atoms with Gasteiger partial charge in [-0.1, -0.05) is 0 Å². The van der Waals surface area contributed by atoms with Gasteiger partial charge in [0.15, 0.2) is 0 Å². The fraction of sp³-hybridized carbons (Fsp3) is 1.00. The minimum Gasteiger partial charge on any atom is -0.307 e. The fourth-order valence-electron chi connectivity index (χ4n) is 14.5. The highest BCUT2D eigenvalue weighted by atomic mass is 15.1. The molecule has 4 atom stereocenters. The number of rotatable bonds is 4. The molecule has 0 aromatic carbocycles. The Hall–Kier alpha value is -0.160. The predicted molar refractivity (Wildman–Crippen MR) is 199 cm³/mol. The topological polar surface area (TPSA) is 48.1 Å². The molecule has 46 heavy (non-hydrogen) atoms. The van der Waals surface area contributed by atoms with Crippen LogP contribution in [0.4, 0.5) is 0 Å². The summed E-state index contributed by atoms with van der Waals surface area (Å²) >= 11 is 0. The first-order valence-corrected chi connectivity index (χ1v) is 19.7. The number of piperidine rings is 4. The molecule has 0 amide bonds. The molecule has 5 aliphatic rings. The largest absolute Gasteiger partial charge is 0.307 e. The van der Waals surface area contributed by atoms with Crippen LogP contribution in [0.5, 0.6) is 0 Å². The molecular weight excluding hydrogens is 560 g/mol. The summed E-state index contributed by atoms with van der Waals surface area (Å²) in [6, 6.07) is 0. The van der Waals surface area contributed by atoms with Gasteiger partial charge in [-0.15, -0.1) is 0 Å². The molecule has 4 unspecified atom stereocenters. The summed E-state index contributed by atoms with van der Waals surface area (Å²) in [7, 11) is 0. The minimum absolute atomic E-state index is 0.173. The lowest BCUT2D eigenvalue weighted by Gasteiger charge is -2.62. The first kappa shape index (κ1) is 37.1. The summed E-state index contributed by atoms with van der Waals surface area (Å²) in [5, 5.41) is 16.4. The van der Waals surface area contributed by atoms with Gasteiger partial charge in [-0.2, -0.15) is 0 Å². The molecule has 1 saturated carbocycles. The van der Waals surface area contributed by atoms with E-state index in [4.69, 9.17) is 0 Å². The first-order chi connectivity index (χ1) is 20.6. The van der Waals surface area contributed by atoms with E-state index in [0.717, 1.165) is 47.3 Å². The van der Waals surface area contributed by atoms with Crippen molar-refractivity contribution in [3.8, 4) is 0 Å². The van der Waals surface area contributed by atoms with Crippen molar-refractivity contribution in [2.45, 2.75) is 219 Å². The van der Waals surface area contributed by atoms with Crippen LogP contribution in [0, 0.1) is 47.3 Å². The summed E-state index contributed by atoms with van der Waals surface area (Å²) in [5.74, 6) is 6.37. The van der Waals surface area contributed by atoms with Crippen LogP contribution < -0.4 is 21.3 Å². The van der Waals surface area contributed by atoms with Crippen LogP contribution in [0.15, 0.2) is 0 Å². The molecule has 5 rings (SSSR count). The Morgan fingerprint density at radius 1 is 0.283 bits per heavy atom. The van der Waals surface area contributed by atoms with Crippen molar-refractivity contribution in [2.75, 3.05) is 0 Å². The predicted octanol–water partition coefficient (Wildman–Crippen LogP) is 9.47. The van der Waals surface area contributed by atoms with Gasteiger partial charge in [-0.3, -0.25) is 0 Å². The molecule has 0 aromatic heterocycles. The van der Waals surface area contributed by atoms with Crippen LogP contribution >= 0.6 is 0 Å². The molecular formula is C42H80N4. The van der Waals surface area contributed by atoms with Crippen LogP contribution in [0.2, 0.25) is 0 Å². The number of hydrogen-bond donors (Lipinski definition) is 4. The van der Waals surface area contributed by atoms with E-state index in [1.807, 2.05) is 0 Å². The molecule has 1 aliphatic carbocycles. The molecule has 4 aliphatic heterocycles. The second kappa shape index (κ2) is 11.7. The Kier molecular flexibility index (Phi) is 9.43. The lowest BCUT2D eigenvalue weighted by Crippen LogP contribution is -2.65. The zero-order valence-electron chi connectivity index (χ0n) is 33.7. The number of nitrogens with one attached hydrogen (secondary N) is 4. The molecule has 4 N–H and O–H groups in total. The van der Waals surface area contributed by atoms with Crippen molar-refractivity contribution in [3.63, 3.8) is 0 Å². The third-order valence-electron chi connectivity index (χ3n) is 13.5. The maximum absolute atomic E-state index is 4.11. The smallest absolute Gasteiger partial charge is 0.0132 e. The van der Waals surface area contributed by atoms with Gasteiger partial charge in [-0.05, 0) is 222 Å². The molecule has 4 heteroatoms. The highest BCUT2D eigenvalue weighted by Crippen LogP contribution is 2.60. The summed E-state index contributed by atoms with van der Waals surface area (Å²) in [4.78, 5) is 0. The van der Waals surface area contributed by atoms with Crippen molar-refractivity contribution in [1.82, 2.24) is 21.3 Å². The van der Waals surface area contributed by atoms with Crippen LogP contribution in [-0.4, -0.2) is 44.3 Å². The van der Waals surface area contributed by atoms with Gasteiger partial charge >= 0.3 is 0 Å². The third kappa shape index (κ3) is 8.58. The average molecular weight is 641 g/mol. The molecule has 0 aromatic rings. The maximum Gasteiger partial charge on any atom is 0.0132 e. The Morgan fingerprint density at radius 3 is 0.652 bits per heavy atom. The number of hydrogen-bond acceptors (Lipinski definition) is 4. The van der Waals surface area contributed by atoms with E-state index in [0.29, 0.717) is 0 Å². The van der Waals surface area contributed by atoms with E-state index in [9.17, 15) is 0 Å². The molecule has 0 spiro atoms. The van der Waals surface area contributed by atoms with Crippen LogP contribution in [0.3, 0.4) is 0 Å². The van der Waals surface area contributed by atoms with Gasteiger partial charge < -0.3 is 21.3 Å². The molecule has 0 radical (unpaired) electrons. The van der Waals surface area contributed by atoms with Gasteiger partial charge in [0.1, 0.15) is 0 Å². The van der Waals surface area contributed by atoms with Crippen LogP contribution in [-0.2, 0) is 0 Å². The molecule has 5 fully saturated rings. The monoisotopic (exact) mass is 641 g/mol. The summed E-state index contributed by atoms with van der Waals surface area (Å²) in [5.41, 5.74) is 1.46. The highest BCUT2D eigenvalue weighted by Gasteiger charge is 2.57. The van der Waals surface area contributed by atoms with Crippen molar-refractivity contribution in [2.24, 2.45) is 47.3 Å². The van der Waals surface area contributed by atoms with Crippen molar-refractivity contribution >= 4 is 0 Å². The standard InChI is InChI=1S/C42H80N4/c1-35(2)19-27(20-36(3,4)43-35)31-17-18-32(28-21-37(5,6)44-38(7,8)22-28)34(30-25-41(13,14)46-42(15,16)26-30)33(31)29-23-39(9,10)45-40(11,12)24-29/h27-34,43-46H,17-26H2,1-16H3. The Bertz CT molecular complexity index is 943. The van der Waals surface area contributed by atoms with E-state index < -0.39 is 0 Å². The molecule has 0 bridgehead atoms. The van der Waals surface area contributed by atoms with Crippen molar-refractivity contribution < 1.29 is 0 Å². The van der Waals surface area contributed by atoms with Gasteiger partial charge in [0, 0.05) is 44.3 Å². The second-order valence-electron chi connectivity index (χ2n) is 23.3. The van der Waals surface area contributed by atoms with Gasteiger partial charge in [0.25, 0.3) is 0 Å². The van der Waals surface area contributed by atoms with Crippen molar-refractivity contribution in [3.05, 3.63) is 0 Å². The summed E-state index contributed by atoms with van der Waals surface area (Å²) < 4.78 is 0. The third-order valence-corrected chi connectivity index (χ3v) is 13.5. The summed E-state index contributed by atoms with van der Waals surface area (Å²) in [6.45, 7) is 40.0. The molecule has 4 nitrogen and oxygen atoms in total. The van der Waals surface area contributed by atoms with E-state index in [2.05, 4.69) is 132 Å². The first-order valence-electron chi connectivity index (χ1n) is 19.7. The van der Waals surface area contributed by atoms with E-state index in [1.54, 1.807) is 0 Å². The minimum atomic E-state index is 0.173. The van der Waals surface area contributed by atoms with Crippen molar-refractivity contribution in [1.29, 1.82) is 0 Å². The SMILES string of the molecule is CC1(C)CC(C2CCC(C3CC(C)(C)NC(C)(C)C3)C(C3CC(C)(C)NC(C)(C)C3)C2C2CC(C)(C)NC(C)(C)C2)CC(C)(C)N1. The maximum atomic E-state index is 4.11.